The largest absolute Gasteiger partial charge is 0.458 e. The summed E-state index contributed by atoms with van der Waals surface area (Å²) in [5.41, 5.74) is 0. The number of esters is 1. The molecule has 0 aliphatic heterocycles. The normalized spacial score (nSPS) is 11.8. The third-order valence-corrected chi connectivity index (χ3v) is 2.41. The van der Waals surface area contributed by atoms with Gasteiger partial charge in [-0.2, -0.15) is 0 Å². The molecule has 1 unspecified atom stereocenters. The summed E-state index contributed by atoms with van der Waals surface area (Å²) in [4.78, 5) is 22.3. The van der Waals surface area contributed by atoms with Gasteiger partial charge in [0.1, 0.15) is 13.2 Å². The Morgan fingerprint density at radius 1 is 1.24 bits per heavy atom. The molecule has 0 saturated heterocycles. The molecule has 0 heterocycles. The molecule has 0 saturated carbocycles. The molecule has 0 rings (SSSR count). The molecule has 0 bridgehead atoms. The Labute approximate surface area is 129 Å². The van der Waals surface area contributed by atoms with E-state index in [0.29, 0.717) is 0 Å². The van der Waals surface area contributed by atoms with Gasteiger partial charge in [-0.25, -0.2) is 13.6 Å². The lowest BCUT2D eigenvalue weighted by Crippen LogP contribution is -2.42. The zero-order valence-corrected chi connectivity index (χ0v) is 12.7. The van der Waals surface area contributed by atoms with Gasteiger partial charge in [-0.05, 0) is 0 Å². The zero-order valence-electron chi connectivity index (χ0n) is 11.1. The van der Waals surface area contributed by atoms with Crippen LogP contribution in [-0.4, -0.2) is 62.7 Å². The number of hydrogen-bond acceptors (Lipinski definition) is 5. The van der Waals surface area contributed by atoms with E-state index < -0.39 is 31.7 Å². The van der Waals surface area contributed by atoms with Crippen molar-refractivity contribution >= 4 is 27.8 Å². The van der Waals surface area contributed by atoms with Gasteiger partial charge in [0.25, 0.3) is 6.43 Å². The summed E-state index contributed by atoms with van der Waals surface area (Å²) in [6, 6.07) is -0.522. The van der Waals surface area contributed by atoms with Gasteiger partial charge in [0, 0.05) is 0 Å². The summed E-state index contributed by atoms with van der Waals surface area (Å²) in [6.45, 7) is -1.36. The van der Waals surface area contributed by atoms with Gasteiger partial charge in [0.2, 0.25) is 5.91 Å². The minimum atomic E-state index is -2.72. The first-order valence-corrected chi connectivity index (χ1v) is 6.99. The highest BCUT2D eigenvalue weighted by molar-refractivity contribution is 9.09. The highest BCUT2D eigenvalue weighted by Crippen LogP contribution is 1.95. The Morgan fingerprint density at radius 3 is 2.48 bits per heavy atom. The van der Waals surface area contributed by atoms with Crippen molar-refractivity contribution in [1.82, 2.24) is 5.32 Å². The van der Waals surface area contributed by atoms with E-state index in [4.69, 9.17) is 15.9 Å². The van der Waals surface area contributed by atoms with Crippen molar-refractivity contribution in [3.63, 3.8) is 0 Å². The summed E-state index contributed by atoms with van der Waals surface area (Å²) < 4.78 is 37.9. The van der Waals surface area contributed by atoms with Crippen LogP contribution in [-0.2, 0) is 23.8 Å². The van der Waals surface area contributed by atoms with Crippen molar-refractivity contribution in [2.24, 2.45) is 0 Å². The maximum Gasteiger partial charge on any atom is 0.332 e. The number of hydrogen-bond donors (Lipinski definition) is 1. The number of alkyl halides is 3. The Hall–Kier alpha value is -1.24. The molecular weight excluding hydrogens is 356 g/mol. The first kappa shape index (κ1) is 19.8. The summed E-state index contributed by atoms with van der Waals surface area (Å²) in [6.07, 6.45) is 2.29. The summed E-state index contributed by atoms with van der Waals surface area (Å²) in [5, 5.41) is 2.67. The molecular formula is C12H16BrF2NO5. The molecule has 1 amide bonds. The van der Waals surface area contributed by atoms with Crippen LogP contribution in [0.4, 0.5) is 8.78 Å². The van der Waals surface area contributed by atoms with Gasteiger partial charge in [-0.3, -0.25) is 4.79 Å². The van der Waals surface area contributed by atoms with Crippen molar-refractivity contribution in [3.05, 3.63) is 0 Å². The monoisotopic (exact) mass is 371 g/mol. The van der Waals surface area contributed by atoms with Gasteiger partial charge in [0.05, 0.1) is 24.6 Å². The van der Waals surface area contributed by atoms with Gasteiger partial charge in [0.15, 0.2) is 6.61 Å². The highest BCUT2D eigenvalue weighted by atomic mass is 79.9. The molecule has 120 valence electrons. The second-order valence-corrected chi connectivity index (χ2v) is 4.27. The molecule has 0 spiro atoms. The Balaban J connectivity index is 4.01. The number of amides is 1. The first-order chi connectivity index (χ1) is 9.99. The Morgan fingerprint density at radius 2 is 1.90 bits per heavy atom. The molecule has 21 heavy (non-hydrogen) atoms. The fourth-order valence-electron chi connectivity index (χ4n) is 1.14. The smallest absolute Gasteiger partial charge is 0.332 e. The third-order valence-electron chi connectivity index (χ3n) is 1.90. The molecule has 0 fully saturated rings. The van der Waals surface area contributed by atoms with Crippen LogP contribution in [0.25, 0.3) is 0 Å². The van der Waals surface area contributed by atoms with Crippen LogP contribution >= 0.6 is 15.9 Å². The van der Waals surface area contributed by atoms with E-state index in [1.165, 1.54) is 0 Å². The number of terminal acetylenes is 1. The topological polar surface area (TPSA) is 73.9 Å². The van der Waals surface area contributed by atoms with E-state index in [0.717, 1.165) is 0 Å². The van der Waals surface area contributed by atoms with Crippen LogP contribution < -0.4 is 5.32 Å². The maximum atomic E-state index is 11.8. The molecule has 0 aromatic heterocycles. The third kappa shape index (κ3) is 12.2. The van der Waals surface area contributed by atoms with Crippen LogP contribution in [0.15, 0.2) is 0 Å². The van der Waals surface area contributed by atoms with Crippen LogP contribution in [0.5, 0.6) is 0 Å². The maximum absolute atomic E-state index is 11.8. The molecule has 0 aromatic carbocycles. The van der Waals surface area contributed by atoms with E-state index in [2.05, 4.69) is 31.9 Å². The number of carbonyl (C=O) groups is 2. The Kier molecular flexibility index (Phi) is 11.8. The summed E-state index contributed by atoms with van der Waals surface area (Å²) in [7, 11) is 0. The molecule has 0 aliphatic carbocycles. The second-order valence-electron chi connectivity index (χ2n) is 3.71. The number of rotatable bonds is 11. The highest BCUT2D eigenvalue weighted by Gasteiger charge is 2.14. The van der Waals surface area contributed by atoms with E-state index in [-0.39, 0.29) is 31.1 Å². The molecule has 0 aromatic rings. The lowest BCUT2D eigenvalue weighted by Gasteiger charge is -2.17. The summed E-state index contributed by atoms with van der Waals surface area (Å²) >= 11 is 2.98. The molecule has 6 nitrogen and oxygen atoms in total. The number of carbonyl (C=O) groups excluding carboxylic acids is 2. The van der Waals surface area contributed by atoms with Crippen molar-refractivity contribution < 1.29 is 32.6 Å². The molecule has 0 aliphatic rings. The summed E-state index contributed by atoms with van der Waals surface area (Å²) in [5.74, 6) is 1.05. The predicted molar refractivity (Wildman–Crippen MR) is 73.2 cm³/mol. The van der Waals surface area contributed by atoms with Crippen molar-refractivity contribution in [1.29, 1.82) is 0 Å². The average molecular weight is 372 g/mol. The second kappa shape index (κ2) is 12.5. The molecule has 1 N–H and O–H groups in total. The minimum absolute atomic E-state index is 0.0485. The van der Waals surface area contributed by atoms with Crippen molar-refractivity contribution in [2.45, 2.75) is 12.5 Å². The quantitative estimate of drug-likeness (QED) is 0.245. The van der Waals surface area contributed by atoms with Gasteiger partial charge < -0.3 is 19.5 Å². The SMILES string of the molecule is C#CCOCC(COCC(=O)OCC(F)F)NC(=O)CBr. The zero-order chi connectivity index (χ0) is 16.1. The molecule has 9 heteroatoms. The number of ether oxygens (including phenoxy) is 3. The lowest BCUT2D eigenvalue weighted by atomic mass is 10.3. The number of halogens is 3. The number of nitrogens with one attached hydrogen (secondary N) is 1. The van der Waals surface area contributed by atoms with Crippen LogP contribution in [0.1, 0.15) is 0 Å². The van der Waals surface area contributed by atoms with Gasteiger partial charge in [-0.15, -0.1) is 6.42 Å². The van der Waals surface area contributed by atoms with E-state index in [1.807, 2.05) is 0 Å². The lowest BCUT2D eigenvalue weighted by molar-refractivity contribution is -0.153. The van der Waals surface area contributed by atoms with Gasteiger partial charge in [-0.1, -0.05) is 21.9 Å². The molecule has 0 radical (unpaired) electrons. The minimum Gasteiger partial charge on any atom is -0.458 e. The van der Waals surface area contributed by atoms with E-state index in [1.54, 1.807) is 0 Å². The Bertz CT molecular complexity index is 362. The molecule has 1 atom stereocenters. The van der Waals surface area contributed by atoms with Crippen LogP contribution in [0.3, 0.4) is 0 Å². The fourth-order valence-corrected chi connectivity index (χ4v) is 1.30. The van der Waals surface area contributed by atoms with Crippen molar-refractivity contribution in [3.8, 4) is 12.3 Å². The van der Waals surface area contributed by atoms with Crippen LogP contribution in [0, 0.1) is 12.3 Å². The first-order valence-electron chi connectivity index (χ1n) is 5.87. The van der Waals surface area contributed by atoms with Gasteiger partial charge >= 0.3 is 5.97 Å². The predicted octanol–water partition coefficient (Wildman–Crippen LogP) is 0.341. The van der Waals surface area contributed by atoms with E-state index in [9.17, 15) is 18.4 Å². The standard InChI is InChI=1S/C12H16BrF2NO5/c1-2-3-19-5-9(16-11(17)4-13)6-20-8-12(18)21-7-10(14)15/h1,9-10H,3-8H2,(H,16,17). The average Bonchev–Trinajstić information content (AvgIpc) is 2.44. The van der Waals surface area contributed by atoms with Crippen molar-refractivity contribution in [2.75, 3.05) is 38.4 Å². The van der Waals surface area contributed by atoms with Crippen LogP contribution in [0.2, 0.25) is 0 Å². The van der Waals surface area contributed by atoms with E-state index >= 15 is 0 Å². The fraction of sp³-hybridized carbons (Fsp3) is 0.667.